The highest BCUT2D eigenvalue weighted by Crippen LogP contribution is 2.17. The molecule has 2 rings (SSSR count). The Balaban J connectivity index is 1.70. The van der Waals surface area contributed by atoms with Crippen LogP contribution in [0.15, 0.2) is 24.3 Å². The number of carbonyl (C=O) groups is 1. The zero-order chi connectivity index (χ0) is 15.1. The van der Waals surface area contributed by atoms with Gasteiger partial charge in [-0.2, -0.15) is 0 Å². The molecule has 0 spiro atoms. The van der Waals surface area contributed by atoms with Crippen molar-refractivity contribution in [1.29, 1.82) is 0 Å². The number of hydrogen-bond donors (Lipinski definition) is 1. The minimum atomic E-state index is -0.0558. The van der Waals surface area contributed by atoms with E-state index < -0.39 is 0 Å². The summed E-state index contributed by atoms with van der Waals surface area (Å²) in [5.41, 5.74) is 0.604. The van der Waals surface area contributed by atoms with E-state index in [2.05, 4.69) is 17.1 Å². The van der Waals surface area contributed by atoms with E-state index in [4.69, 9.17) is 4.74 Å². The van der Waals surface area contributed by atoms with Crippen LogP contribution >= 0.6 is 0 Å². The fraction of sp³-hybridized carbons (Fsp3) is 0.588. The molecule has 1 aromatic rings. The molecule has 21 heavy (non-hydrogen) atoms. The maximum Gasteiger partial charge on any atom is 0.255 e. The fourth-order valence-corrected chi connectivity index (χ4v) is 2.72. The summed E-state index contributed by atoms with van der Waals surface area (Å²) in [6.07, 6.45) is 3.59. The number of likely N-dealkylation sites (tertiary alicyclic amines) is 1. The van der Waals surface area contributed by atoms with E-state index in [0.717, 1.165) is 18.9 Å². The molecule has 4 heteroatoms. The topological polar surface area (TPSA) is 41.6 Å². The molecule has 0 bridgehead atoms. The Morgan fingerprint density at radius 3 is 2.76 bits per heavy atom. The molecule has 0 radical (unpaired) electrons. The molecular formula is C17H26N2O2. The Morgan fingerprint density at radius 1 is 1.33 bits per heavy atom. The first-order valence-corrected chi connectivity index (χ1v) is 7.84. The smallest absolute Gasteiger partial charge is 0.255 e. The van der Waals surface area contributed by atoms with Gasteiger partial charge in [0.05, 0.1) is 12.7 Å². The van der Waals surface area contributed by atoms with Gasteiger partial charge in [0.1, 0.15) is 5.75 Å². The number of carbonyl (C=O) groups excluding carboxylic acids is 1. The Bertz CT molecular complexity index is 454. The van der Waals surface area contributed by atoms with Crippen molar-refractivity contribution in [3.63, 3.8) is 0 Å². The molecule has 1 aliphatic heterocycles. The van der Waals surface area contributed by atoms with Gasteiger partial charge in [0.15, 0.2) is 0 Å². The molecule has 1 heterocycles. The summed E-state index contributed by atoms with van der Waals surface area (Å²) < 4.78 is 5.21. The monoisotopic (exact) mass is 290 g/mol. The molecule has 0 unspecified atom stereocenters. The molecule has 0 atom stereocenters. The molecule has 0 aromatic heterocycles. The van der Waals surface area contributed by atoms with Gasteiger partial charge in [-0.3, -0.25) is 4.79 Å². The van der Waals surface area contributed by atoms with Crippen molar-refractivity contribution in [2.45, 2.75) is 26.2 Å². The number of nitrogens with one attached hydrogen (secondary N) is 1. The van der Waals surface area contributed by atoms with E-state index in [1.54, 1.807) is 13.2 Å². The van der Waals surface area contributed by atoms with Crippen LogP contribution in [0, 0.1) is 5.92 Å². The number of para-hydroxylation sites is 1. The summed E-state index contributed by atoms with van der Waals surface area (Å²) in [5, 5.41) is 2.98. The third-order valence-electron chi connectivity index (χ3n) is 4.16. The van der Waals surface area contributed by atoms with E-state index in [0.29, 0.717) is 17.9 Å². The lowest BCUT2D eigenvalue weighted by Gasteiger charge is -2.30. The van der Waals surface area contributed by atoms with Crippen molar-refractivity contribution < 1.29 is 9.53 Å². The summed E-state index contributed by atoms with van der Waals surface area (Å²) >= 11 is 0. The highest BCUT2D eigenvalue weighted by molar-refractivity contribution is 5.96. The normalized spacial score (nSPS) is 16.7. The third kappa shape index (κ3) is 4.74. The number of hydrogen-bond acceptors (Lipinski definition) is 3. The first kappa shape index (κ1) is 15.8. The summed E-state index contributed by atoms with van der Waals surface area (Å²) in [6, 6.07) is 7.32. The molecule has 1 saturated heterocycles. The second kappa shape index (κ2) is 8.03. The van der Waals surface area contributed by atoms with Gasteiger partial charge < -0.3 is 15.0 Å². The quantitative estimate of drug-likeness (QED) is 0.819. The van der Waals surface area contributed by atoms with E-state index in [-0.39, 0.29) is 5.91 Å². The molecule has 1 N–H and O–H groups in total. The van der Waals surface area contributed by atoms with E-state index in [1.807, 2.05) is 18.2 Å². The lowest BCUT2D eigenvalue weighted by molar-refractivity contribution is 0.0947. The van der Waals surface area contributed by atoms with Crippen molar-refractivity contribution in [3.05, 3.63) is 29.8 Å². The maximum atomic E-state index is 12.1. The first-order chi connectivity index (χ1) is 10.2. The molecule has 0 aliphatic carbocycles. The second-order valence-corrected chi connectivity index (χ2v) is 5.83. The summed E-state index contributed by atoms with van der Waals surface area (Å²) in [6.45, 7) is 6.50. The Hall–Kier alpha value is -1.55. The molecule has 1 amide bonds. The zero-order valence-electron chi connectivity index (χ0n) is 13.1. The number of ether oxygens (including phenoxy) is 1. The molecule has 4 nitrogen and oxygen atoms in total. The third-order valence-corrected chi connectivity index (χ3v) is 4.16. The molecule has 0 saturated carbocycles. The molecular weight excluding hydrogens is 264 g/mol. The van der Waals surface area contributed by atoms with Crippen LogP contribution in [0.3, 0.4) is 0 Å². The Kier molecular flexibility index (Phi) is 6.05. The first-order valence-electron chi connectivity index (χ1n) is 7.84. The van der Waals surface area contributed by atoms with Gasteiger partial charge in [-0.05, 0) is 56.9 Å². The van der Waals surface area contributed by atoms with Crippen LogP contribution in [0.25, 0.3) is 0 Å². The summed E-state index contributed by atoms with van der Waals surface area (Å²) in [4.78, 5) is 14.6. The maximum absolute atomic E-state index is 12.1. The number of piperidine rings is 1. The van der Waals surface area contributed by atoms with Gasteiger partial charge in [-0.25, -0.2) is 0 Å². The average molecular weight is 290 g/mol. The number of amides is 1. The number of nitrogens with zero attached hydrogens (tertiary/aromatic N) is 1. The minimum absolute atomic E-state index is 0.0558. The Labute approximate surface area is 127 Å². The van der Waals surface area contributed by atoms with Crippen molar-refractivity contribution in [1.82, 2.24) is 10.2 Å². The highest BCUT2D eigenvalue weighted by Gasteiger charge is 2.15. The molecule has 1 aromatic carbocycles. The predicted molar refractivity (Wildman–Crippen MR) is 84.8 cm³/mol. The zero-order valence-corrected chi connectivity index (χ0v) is 13.1. The van der Waals surface area contributed by atoms with Gasteiger partial charge >= 0.3 is 0 Å². The van der Waals surface area contributed by atoms with Gasteiger partial charge in [0, 0.05) is 6.54 Å². The standard InChI is InChI=1S/C17H26N2O2/c1-14-8-12-19(13-9-14)11-5-10-18-17(20)15-6-3-4-7-16(15)21-2/h3-4,6-7,14H,5,8-13H2,1-2H3,(H,18,20). The molecule has 1 aliphatic rings. The van der Waals surface area contributed by atoms with Crippen LogP contribution in [-0.4, -0.2) is 44.1 Å². The fourth-order valence-electron chi connectivity index (χ4n) is 2.72. The second-order valence-electron chi connectivity index (χ2n) is 5.83. The summed E-state index contributed by atoms with van der Waals surface area (Å²) in [5.74, 6) is 1.44. The predicted octanol–water partition coefficient (Wildman–Crippen LogP) is 2.55. The van der Waals surface area contributed by atoms with Crippen LogP contribution in [0.4, 0.5) is 0 Å². The summed E-state index contributed by atoms with van der Waals surface area (Å²) in [7, 11) is 1.59. The van der Waals surface area contributed by atoms with Crippen LogP contribution < -0.4 is 10.1 Å². The largest absolute Gasteiger partial charge is 0.496 e. The van der Waals surface area contributed by atoms with Crippen molar-refractivity contribution in [2.24, 2.45) is 5.92 Å². The molecule has 1 fully saturated rings. The Morgan fingerprint density at radius 2 is 2.05 bits per heavy atom. The average Bonchev–Trinajstić information content (AvgIpc) is 2.53. The van der Waals surface area contributed by atoms with Crippen molar-refractivity contribution in [3.8, 4) is 5.75 Å². The van der Waals surface area contributed by atoms with Crippen LogP contribution in [0.1, 0.15) is 36.5 Å². The molecule has 116 valence electrons. The van der Waals surface area contributed by atoms with E-state index >= 15 is 0 Å². The lowest BCUT2D eigenvalue weighted by Crippen LogP contribution is -2.35. The van der Waals surface area contributed by atoms with Crippen molar-refractivity contribution in [2.75, 3.05) is 33.3 Å². The highest BCUT2D eigenvalue weighted by atomic mass is 16.5. The van der Waals surface area contributed by atoms with Crippen LogP contribution in [-0.2, 0) is 0 Å². The van der Waals surface area contributed by atoms with Crippen LogP contribution in [0.5, 0.6) is 5.75 Å². The van der Waals surface area contributed by atoms with Gasteiger partial charge in [0.2, 0.25) is 0 Å². The SMILES string of the molecule is COc1ccccc1C(=O)NCCCN1CCC(C)CC1. The van der Waals surface area contributed by atoms with E-state index in [1.165, 1.54) is 25.9 Å². The lowest BCUT2D eigenvalue weighted by atomic mass is 9.99. The van der Waals surface area contributed by atoms with Crippen molar-refractivity contribution >= 4 is 5.91 Å². The van der Waals surface area contributed by atoms with Gasteiger partial charge in [-0.15, -0.1) is 0 Å². The van der Waals surface area contributed by atoms with Gasteiger partial charge in [0.25, 0.3) is 5.91 Å². The number of methoxy groups -OCH3 is 1. The van der Waals surface area contributed by atoms with E-state index in [9.17, 15) is 4.79 Å². The minimum Gasteiger partial charge on any atom is -0.496 e. The number of rotatable bonds is 6. The van der Waals surface area contributed by atoms with Crippen LogP contribution in [0.2, 0.25) is 0 Å². The number of benzene rings is 1. The van der Waals surface area contributed by atoms with Gasteiger partial charge in [-0.1, -0.05) is 19.1 Å².